The van der Waals surface area contributed by atoms with Crippen LogP contribution < -0.4 is 10.6 Å². The summed E-state index contributed by atoms with van der Waals surface area (Å²) in [5, 5.41) is 5.25. The van der Waals surface area contributed by atoms with E-state index < -0.39 is 5.91 Å². The number of carbonyl (C=O) groups is 3. The van der Waals surface area contributed by atoms with E-state index in [9.17, 15) is 14.4 Å². The molecule has 1 atom stereocenters. The average molecular weight is 306 g/mol. The van der Waals surface area contributed by atoms with Crippen molar-refractivity contribution in [1.29, 1.82) is 0 Å². The molecule has 0 aliphatic heterocycles. The van der Waals surface area contributed by atoms with Gasteiger partial charge in [0.05, 0.1) is 5.92 Å². The number of carbonyl (C=O) groups excluding carboxylic acids is 3. The van der Waals surface area contributed by atoms with Gasteiger partial charge in [-0.05, 0) is 30.7 Å². The molecule has 1 aromatic rings. The predicted molar refractivity (Wildman–Crippen MR) is 84.4 cm³/mol. The van der Waals surface area contributed by atoms with Gasteiger partial charge in [0, 0.05) is 18.3 Å². The SMILES string of the molecule is CCC[C@H](C)C(=O)OCC(=O)Nc1ccc(NC(C)=O)cc1. The molecule has 0 saturated heterocycles. The largest absolute Gasteiger partial charge is 0.455 e. The van der Waals surface area contributed by atoms with Crippen molar-refractivity contribution in [3.8, 4) is 0 Å². The van der Waals surface area contributed by atoms with Gasteiger partial charge < -0.3 is 15.4 Å². The second-order valence-electron chi connectivity index (χ2n) is 5.10. The highest BCUT2D eigenvalue weighted by molar-refractivity contribution is 5.93. The molecular formula is C16H22N2O4. The average Bonchev–Trinajstić information content (AvgIpc) is 2.46. The van der Waals surface area contributed by atoms with Crippen LogP contribution in [0.2, 0.25) is 0 Å². The minimum absolute atomic E-state index is 0.162. The Bertz CT molecular complexity index is 525. The smallest absolute Gasteiger partial charge is 0.309 e. The van der Waals surface area contributed by atoms with Crippen LogP contribution in [0.5, 0.6) is 0 Å². The molecule has 0 heterocycles. The molecule has 0 radical (unpaired) electrons. The molecule has 6 heteroatoms. The van der Waals surface area contributed by atoms with Crippen molar-refractivity contribution < 1.29 is 19.1 Å². The van der Waals surface area contributed by atoms with Crippen molar-refractivity contribution in [1.82, 2.24) is 0 Å². The van der Waals surface area contributed by atoms with Crippen LogP contribution in [0.4, 0.5) is 11.4 Å². The van der Waals surface area contributed by atoms with Gasteiger partial charge in [-0.15, -0.1) is 0 Å². The maximum absolute atomic E-state index is 11.7. The first kappa shape index (κ1) is 17.7. The van der Waals surface area contributed by atoms with Crippen LogP contribution in [0.25, 0.3) is 0 Å². The van der Waals surface area contributed by atoms with E-state index >= 15 is 0 Å². The number of hydrogen-bond acceptors (Lipinski definition) is 4. The summed E-state index contributed by atoms with van der Waals surface area (Å²) in [4.78, 5) is 34.2. The summed E-state index contributed by atoms with van der Waals surface area (Å²) in [5.41, 5.74) is 1.21. The molecule has 0 fully saturated rings. The van der Waals surface area contributed by atoms with E-state index in [0.717, 1.165) is 12.8 Å². The highest BCUT2D eigenvalue weighted by Gasteiger charge is 2.14. The Balaban J connectivity index is 2.41. The van der Waals surface area contributed by atoms with E-state index in [1.54, 1.807) is 31.2 Å². The molecule has 0 spiro atoms. The van der Waals surface area contributed by atoms with Gasteiger partial charge >= 0.3 is 5.97 Å². The van der Waals surface area contributed by atoms with Gasteiger partial charge in [0.25, 0.3) is 5.91 Å². The highest BCUT2D eigenvalue weighted by atomic mass is 16.5. The standard InChI is InChI=1S/C16H22N2O4/c1-4-5-11(2)16(21)22-10-15(20)18-14-8-6-13(7-9-14)17-12(3)19/h6-9,11H,4-5,10H2,1-3H3,(H,17,19)(H,18,20)/t11-/m0/s1. The molecule has 0 bridgehead atoms. The summed E-state index contributed by atoms with van der Waals surface area (Å²) in [6.45, 7) is 4.88. The molecule has 0 aliphatic carbocycles. The third-order valence-electron chi connectivity index (χ3n) is 2.96. The number of amides is 2. The summed E-state index contributed by atoms with van der Waals surface area (Å²) >= 11 is 0. The molecule has 2 N–H and O–H groups in total. The summed E-state index contributed by atoms with van der Waals surface area (Å²) in [6, 6.07) is 6.66. The zero-order valence-electron chi connectivity index (χ0n) is 13.1. The van der Waals surface area contributed by atoms with Crippen LogP contribution in [-0.4, -0.2) is 24.4 Å². The number of rotatable bonds is 7. The summed E-state index contributed by atoms with van der Waals surface area (Å²) in [7, 11) is 0. The van der Waals surface area contributed by atoms with Crippen LogP contribution in [0, 0.1) is 5.92 Å². The lowest BCUT2D eigenvalue weighted by Gasteiger charge is -2.11. The van der Waals surface area contributed by atoms with Crippen LogP contribution in [0.1, 0.15) is 33.6 Å². The molecule has 1 rings (SSSR count). The van der Waals surface area contributed by atoms with E-state index in [0.29, 0.717) is 11.4 Å². The third-order valence-corrected chi connectivity index (χ3v) is 2.96. The first-order valence-corrected chi connectivity index (χ1v) is 7.26. The van der Waals surface area contributed by atoms with Gasteiger partial charge in [0.15, 0.2) is 6.61 Å². The Labute approximate surface area is 130 Å². The topological polar surface area (TPSA) is 84.5 Å². The molecule has 0 unspecified atom stereocenters. The van der Waals surface area contributed by atoms with Crippen LogP contribution in [-0.2, 0) is 19.1 Å². The summed E-state index contributed by atoms with van der Waals surface area (Å²) in [6.07, 6.45) is 1.63. The van der Waals surface area contributed by atoms with Gasteiger partial charge in [-0.1, -0.05) is 20.3 Å². The lowest BCUT2D eigenvalue weighted by atomic mass is 10.1. The normalized spacial score (nSPS) is 11.4. The number of anilines is 2. The van der Waals surface area contributed by atoms with Crippen molar-refractivity contribution in [2.75, 3.05) is 17.2 Å². The van der Waals surface area contributed by atoms with Crippen molar-refractivity contribution in [3.63, 3.8) is 0 Å². The summed E-state index contributed by atoms with van der Waals surface area (Å²) < 4.78 is 4.96. The Morgan fingerprint density at radius 1 is 1.09 bits per heavy atom. The van der Waals surface area contributed by atoms with Crippen LogP contribution in [0.3, 0.4) is 0 Å². The zero-order chi connectivity index (χ0) is 16.5. The van der Waals surface area contributed by atoms with Crippen molar-refractivity contribution in [2.45, 2.75) is 33.6 Å². The van der Waals surface area contributed by atoms with E-state index in [2.05, 4.69) is 10.6 Å². The molecule has 0 aromatic heterocycles. The molecule has 6 nitrogen and oxygen atoms in total. The molecule has 1 aromatic carbocycles. The van der Waals surface area contributed by atoms with Gasteiger partial charge in [-0.2, -0.15) is 0 Å². The second-order valence-corrected chi connectivity index (χ2v) is 5.10. The monoisotopic (exact) mass is 306 g/mol. The molecule has 0 aliphatic rings. The maximum Gasteiger partial charge on any atom is 0.309 e. The molecular weight excluding hydrogens is 284 g/mol. The van der Waals surface area contributed by atoms with Crippen molar-refractivity contribution in [3.05, 3.63) is 24.3 Å². The van der Waals surface area contributed by atoms with E-state index in [1.807, 2.05) is 6.92 Å². The van der Waals surface area contributed by atoms with Crippen LogP contribution in [0.15, 0.2) is 24.3 Å². The number of hydrogen-bond donors (Lipinski definition) is 2. The van der Waals surface area contributed by atoms with Crippen molar-refractivity contribution >= 4 is 29.2 Å². The molecule has 22 heavy (non-hydrogen) atoms. The Morgan fingerprint density at radius 2 is 1.64 bits per heavy atom. The fourth-order valence-electron chi connectivity index (χ4n) is 1.87. The van der Waals surface area contributed by atoms with E-state index in [1.165, 1.54) is 6.92 Å². The van der Waals surface area contributed by atoms with Crippen molar-refractivity contribution in [2.24, 2.45) is 5.92 Å². The minimum atomic E-state index is -0.399. The first-order valence-electron chi connectivity index (χ1n) is 7.26. The number of nitrogens with one attached hydrogen (secondary N) is 2. The first-order chi connectivity index (χ1) is 10.4. The molecule has 120 valence electrons. The fourth-order valence-corrected chi connectivity index (χ4v) is 1.87. The lowest BCUT2D eigenvalue weighted by Crippen LogP contribution is -2.23. The number of benzene rings is 1. The second kappa shape index (κ2) is 8.81. The summed E-state index contributed by atoms with van der Waals surface area (Å²) in [5.74, 6) is -1.12. The van der Waals surface area contributed by atoms with Crippen LogP contribution >= 0.6 is 0 Å². The van der Waals surface area contributed by atoms with Gasteiger partial charge in [0.1, 0.15) is 0 Å². The Morgan fingerprint density at radius 3 is 2.14 bits per heavy atom. The highest BCUT2D eigenvalue weighted by Crippen LogP contribution is 2.13. The number of esters is 1. The lowest BCUT2D eigenvalue weighted by molar-refractivity contribution is -0.151. The molecule has 0 saturated carbocycles. The van der Waals surface area contributed by atoms with E-state index in [4.69, 9.17) is 4.74 Å². The van der Waals surface area contributed by atoms with Gasteiger partial charge in [-0.3, -0.25) is 14.4 Å². The van der Waals surface area contributed by atoms with E-state index in [-0.39, 0.29) is 24.4 Å². The predicted octanol–water partition coefficient (Wildman–Crippen LogP) is 2.56. The Kier molecular flexibility index (Phi) is 7.08. The number of ether oxygens (including phenoxy) is 1. The molecule has 2 amide bonds. The maximum atomic E-state index is 11.7. The van der Waals surface area contributed by atoms with Gasteiger partial charge in [-0.25, -0.2) is 0 Å². The minimum Gasteiger partial charge on any atom is -0.455 e. The quantitative estimate of drug-likeness (QED) is 0.758. The van der Waals surface area contributed by atoms with Gasteiger partial charge in [0.2, 0.25) is 5.91 Å². The third kappa shape index (κ3) is 6.39. The fraction of sp³-hybridized carbons (Fsp3) is 0.438. The zero-order valence-corrected chi connectivity index (χ0v) is 13.1. The Hall–Kier alpha value is -2.37.